The highest BCUT2D eigenvalue weighted by Gasteiger charge is 2.15. The number of hydrogen-bond donors (Lipinski definition) is 1. The van der Waals surface area contributed by atoms with Crippen molar-refractivity contribution in [1.82, 2.24) is 14.6 Å². The second-order valence-electron chi connectivity index (χ2n) is 6.58. The first-order chi connectivity index (χ1) is 13.1. The van der Waals surface area contributed by atoms with Gasteiger partial charge < -0.3 is 4.74 Å². The van der Waals surface area contributed by atoms with Gasteiger partial charge in [0, 0.05) is 22.9 Å². The van der Waals surface area contributed by atoms with Crippen LogP contribution in [0.3, 0.4) is 0 Å². The molecule has 136 valence electrons. The highest BCUT2D eigenvalue weighted by atomic mass is 16.5. The van der Waals surface area contributed by atoms with Crippen LogP contribution in [0.1, 0.15) is 18.2 Å². The van der Waals surface area contributed by atoms with Gasteiger partial charge >= 0.3 is 0 Å². The van der Waals surface area contributed by atoms with Crippen LogP contribution in [0.25, 0.3) is 28.0 Å². The fraction of sp³-hybridized carbons (Fsp3) is 0.182. The van der Waals surface area contributed by atoms with Gasteiger partial charge in [-0.25, -0.2) is 9.50 Å². The van der Waals surface area contributed by atoms with E-state index >= 15 is 0 Å². The van der Waals surface area contributed by atoms with Crippen LogP contribution < -0.4 is 10.3 Å². The molecule has 0 amide bonds. The van der Waals surface area contributed by atoms with E-state index in [1.54, 1.807) is 6.07 Å². The Morgan fingerprint density at radius 3 is 2.59 bits per heavy atom. The van der Waals surface area contributed by atoms with Gasteiger partial charge in [0.1, 0.15) is 5.75 Å². The normalized spacial score (nSPS) is 11.1. The molecule has 0 spiro atoms. The van der Waals surface area contributed by atoms with Gasteiger partial charge in [-0.2, -0.15) is 0 Å². The zero-order valence-electron chi connectivity index (χ0n) is 15.6. The van der Waals surface area contributed by atoms with Crippen molar-refractivity contribution in [3.05, 3.63) is 76.2 Å². The Bertz CT molecular complexity index is 1190. The molecule has 5 heteroatoms. The van der Waals surface area contributed by atoms with Crippen LogP contribution in [-0.2, 0) is 0 Å². The fourth-order valence-corrected chi connectivity index (χ4v) is 3.36. The van der Waals surface area contributed by atoms with Crippen LogP contribution in [0.4, 0.5) is 0 Å². The summed E-state index contributed by atoms with van der Waals surface area (Å²) < 4.78 is 7.08. The second-order valence-corrected chi connectivity index (χ2v) is 6.58. The average molecular weight is 359 g/mol. The molecule has 4 rings (SSSR count). The van der Waals surface area contributed by atoms with Gasteiger partial charge in [0.15, 0.2) is 5.65 Å². The third-order valence-electron chi connectivity index (χ3n) is 4.54. The van der Waals surface area contributed by atoms with E-state index in [4.69, 9.17) is 9.72 Å². The molecule has 0 atom stereocenters. The molecule has 2 aromatic heterocycles. The Labute approximate surface area is 157 Å². The van der Waals surface area contributed by atoms with Gasteiger partial charge in [0.2, 0.25) is 0 Å². The van der Waals surface area contributed by atoms with Crippen LogP contribution in [0.2, 0.25) is 0 Å². The Morgan fingerprint density at radius 1 is 1.04 bits per heavy atom. The lowest BCUT2D eigenvalue weighted by atomic mass is 10.0. The van der Waals surface area contributed by atoms with E-state index in [2.05, 4.69) is 24.2 Å². The molecule has 4 aromatic rings. The van der Waals surface area contributed by atoms with Gasteiger partial charge in [-0.3, -0.25) is 9.89 Å². The number of aromatic amines is 1. The SMILES string of the molecule is CCOc1cccc(-c2cc(=O)n3[nH]c(C)c(-c4cccc(C)c4)c3n2)c1. The van der Waals surface area contributed by atoms with Crippen LogP contribution >= 0.6 is 0 Å². The summed E-state index contributed by atoms with van der Waals surface area (Å²) in [5.74, 6) is 0.765. The molecule has 0 saturated heterocycles. The van der Waals surface area contributed by atoms with E-state index in [-0.39, 0.29) is 5.56 Å². The van der Waals surface area contributed by atoms with Crippen LogP contribution in [0, 0.1) is 13.8 Å². The molecule has 0 aliphatic heterocycles. The number of rotatable bonds is 4. The van der Waals surface area contributed by atoms with Crippen molar-refractivity contribution in [1.29, 1.82) is 0 Å². The number of aromatic nitrogens is 3. The van der Waals surface area contributed by atoms with Gasteiger partial charge in [-0.1, -0.05) is 42.0 Å². The van der Waals surface area contributed by atoms with Gasteiger partial charge in [-0.05, 0) is 38.5 Å². The van der Waals surface area contributed by atoms with Crippen molar-refractivity contribution in [2.45, 2.75) is 20.8 Å². The second kappa shape index (κ2) is 6.76. The lowest BCUT2D eigenvalue weighted by Crippen LogP contribution is -2.14. The number of benzene rings is 2. The molecular weight excluding hydrogens is 338 g/mol. The van der Waals surface area contributed by atoms with Gasteiger partial charge in [0.05, 0.1) is 12.3 Å². The minimum Gasteiger partial charge on any atom is -0.494 e. The first-order valence-corrected chi connectivity index (χ1v) is 8.99. The maximum absolute atomic E-state index is 12.7. The predicted molar refractivity (Wildman–Crippen MR) is 107 cm³/mol. The van der Waals surface area contributed by atoms with Gasteiger partial charge in [-0.15, -0.1) is 0 Å². The summed E-state index contributed by atoms with van der Waals surface area (Å²) in [7, 11) is 0. The maximum atomic E-state index is 12.7. The summed E-state index contributed by atoms with van der Waals surface area (Å²) in [6.07, 6.45) is 0. The molecule has 2 heterocycles. The summed E-state index contributed by atoms with van der Waals surface area (Å²) >= 11 is 0. The molecule has 1 N–H and O–H groups in total. The van der Waals surface area contributed by atoms with E-state index in [1.165, 1.54) is 4.52 Å². The lowest BCUT2D eigenvalue weighted by molar-refractivity contribution is 0.340. The minimum atomic E-state index is -0.140. The molecule has 0 aliphatic rings. The molecular formula is C22H21N3O2. The Kier molecular flexibility index (Phi) is 4.28. The first-order valence-electron chi connectivity index (χ1n) is 8.99. The Hall–Kier alpha value is -3.34. The van der Waals surface area contributed by atoms with Crippen LogP contribution in [0.5, 0.6) is 5.75 Å². The highest BCUT2D eigenvalue weighted by molar-refractivity contribution is 5.81. The third kappa shape index (κ3) is 3.12. The largest absolute Gasteiger partial charge is 0.494 e. The molecule has 27 heavy (non-hydrogen) atoms. The number of nitrogens with one attached hydrogen (secondary N) is 1. The number of hydrogen-bond acceptors (Lipinski definition) is 3. The van der Waals surface area contributed by atoms with E-state index in [0.717, 1.165) is 33.7 Å². The molecule has 5 nitrogen and oxygen atoms in total. The van der Waals surface area contributed by atoms with E-state index in [0.29, 0.717) is 17.9 Å². The summed E-state index contributed by atoms with van der Waals surface area (Å²) in [6.45, 7) is 6.55. The number of fused-ring (bicyclic) bond motifs is 1. The quantitative estimate of drug-likeness (QED) is 0.588. The molecule has 2 aromatic carbocycles. The molecule has 0 aliphatic carbocycles. The van der Waals surface area contributed by atoms with E-state index in [1.807, 2.05) is 50.2 Å². The Balaban J connectivity index is 1.94. The van der Waals surface area contributed by atoms with Crippen molar-refractivity contribution in [3.63, 3.8) is 0 Å². The standard InChI is InChI=1S/C22H21N3O2/c1-4-27-18-10-6-8-16(12-18)19-13-20(26)25-22(23-19)21(15(3)24-25)17-9-5-7-14(2)11-17/h5-13,24H,4H2,1-3H3. The van der Waals surface area contributed by atoms with Gasteiger partial charge in [0.25, 0.3) is 5.56 Å². The average Bonchev–Trinajstić information content (AvgIpc) is 2.99. The summed E-state index contributed by atoms with van der Waals surface area (Å²) in [5.41, 5.74) is 6.03. The number of ether oxygens (including phenoxy) is 1. The van der Waals surface area contributed by atoms with Crippen molar-refractivity contribution < 1.29 is 4.74 Å². The highest BCUT2D eigenvalue weighted by Crippen LogP contribution is 2.29. The van der Waals surface area contributed by atoms with Crippen molar-refractivity contribution in [2.75, 3.05) is 6.61 Å². The molecule has 0 unspecified atom stereocenters. The van der Waals surface area contributed by atoms with Crippen molar-refractivity contribution >= 4 is 5.65 Å². The number of H-pyrrole nitrogens is 1. The van der Waals surface area contributed by atoms with Crippen molar-refractivity contribution in [3.8, 4) is 28.1 Å². The Morgan fingerprint density at radius 2 is 1.81 bits per heavy atom. The molecule has 0 saturated carbocycles. The smallest absolute Gasteiger partial charge is 0.273 e. The van der Waals surface area contributed by atoms with Crippen molar-refractivity contribution in [2.24, 2.45) is 0 Å². The minimum absolute atomic E-state index is 0.140. The lowest BCUT2D eigenvalue weighted by Gasteiger charge is -2.07. The predicted octanol–water partition coefficient (Wildman–Crippen LogP) is 4.37. The summed E-state index contributed by atoms with van der Waals surface area (Å²) in [4.78, 5) is 17.5. The number of aryl methyl sites for hydroxylation is 2. The maximum Gasteiger partial charge on any atom is 0.273 e. The molecule has 0 radical (unpaired) electrons. The van der Waals surface area contributed by atoms with E-state index < -0.39 is 0 Å². The van der Waals surface area contributed by atoms with Crippen LogP contribution in [0.15, 0.2) is 59.4 Å². The topological polar surface area (TPSA) is 59.4 Å². The molecule has 0 fully saturated rings. The van der Waals surface area contributed by atoms with Crippen LogP contribution in [-0.4, -0.2) is 21.2 Å². The number of nitrogens with zero attached hydrogens (tertiary/aromatic N) is 2. The third-order valence-corrected chi connectivity index (χ3v) is 4.54. The fourth-order valence-electron chi connectivity index (χ4n) is 3.36. The molecule has 0 bridgehead atoms. The monoisotopic (exact) mass is 359 g/mol. The zero-order chi connectivity index (χ0) is 19.0. The zero-order valence-corrected chi connectivity index (χ0v) is 15.6. The van der Waals surface area contributed by atoms with E-state index in [9.17, 15) is 4.79 Å². The first kappa shape index (κ1) is 17.1. The summed E-state index contributed by atoms with van der Waals surface area (Å²) in [6, 6.07) is 17.4. The summed E-state index contributed by atoms with van der Waals surface area (Å²) in [5, 5.41) is 3.14.